The predicted octanol–water partition coefficient (Wildman–Crippen LogP) is 3.23. The van der Waals surface area contributed by atoms with E-state index < -0.39 is 29.5 Å². The molecule has 2 amide bonds. The van der Waals surface area contributed by atoms with Crippen LogP contribution in [0, 0.1) is 11.6 Å². The van der Waals surface area contributed by atoms with E-state index in [1.165, 1.54) is 12.8 Å². The molecule has 0 fully saturated rings. The molecule has 0 heterocycles. The SMILES string of the molecule is CCCCCCCC[C@H](NC(=O)Cc1cc(F)cc(F)c1)C(N)=O. The number of benzene rings is 1. The van der Waals surface area contributed by atoms with E-state index >= 15 is 0 Å². The Morgan fingerprint density at radius 3 is 2.21 bits per heavy atom. The lowest BCUT2D eigenvalue weighted by molar-refractivity contribution is -0.127. The van der Waals surface area contributed by atoms with Crippen LogP contribution in [0.4, 0.5) is 8.78 Å². The van der Waals surface area contributed by atoms with Gasteiger partial charge in [-0.15, -0.1) is 0 Å². The normalized spacial score (nSPS) is 12.0. The van der Waals surface area contributed by atoms with Crippen molar-refractivity contribution in [3.63, 3.8) is 0 Å². The first-order valence-electron chi connectivity index (χ1n) is 8.46. The molecule has 24 heavy (non-hydrogen) atoms. The molecule has 0 aliphatic rings. The molecule has 0 unspecified atom stereocenters. The number of amides is 2. The number of hydrogen-bond acceptors (Lipinski definition) is 2. The van der Waals surface area contributed by atoms with Gasteiger partial charge in [0.2, 0.25) is 11.8 Å². The van der Waals surface area contributed by atoms with Crippen molar-refractivity contribution in [1.29, 1.82) is 0 Å². The lowest BCUT2D eigenvalue weighted by Gasteiger charge is -2.15. The highest BCUT2D eigenvalue weighted by atomic mass is 19.1. The Balaban J connectivity index is 2.43. The molecule has 6 heteroatoms. The number of nitrogens with two attached hydrogens (primary N) is 1. The third-order valence-corrected chi connectivity index (χ3v) is 3.81. The molecule has 134 valence electrons. The molecule has 0 aromatic heterocycles. The van der Waals surface area contributed by atoms with Gasteiger partial charge < -0.3 is 11.1 Å². The molecular formula is C18H26F2N2O2. The predicted molar refractivity (Wildman–Crippen MR) is 89.2 cm³/mol. The quantitative estimate of drug-likeness (QED) is 0.607. The number of unbranched alkanes of at least 4 members (excludes halogenated alkanes) is 5. The standard InChI is InChI=1S/C18H26F2N2O2/c1-2-3-4-5-6-7-8-16(18(21)24)22-17(23)11-13-9-14(19)12-15(20)10-13/h9-10,12,16H,2-8,11H2,1H3,(H2,21,24)(H,22,23)/t16-/m0/s1. The van der Waals surface area contributed by atoms with Gasteiger partial charge in [-0.25, -0.2) is 8.78 Å². The lowest BCUT2D eigenvalue weighted by atomic mass is 10.0. The zero-order valence-electron chi connectivity index (χ0n) is 14.1. The average molecular weight is 340 g/mol. The maximum Gasteiger partial charge on any atom is 0.239 e. The highest BCUT2D eigenvalue weighted by Gasteiger charge is 2.18. The van der Waals surface area contributed by atoms with Crippen molar-refractivity contribution in [1.82, 2.24) is 5.32 Å². The summed E-state index contributed by atoms with van der Waals surface area (Å²) in [5.41, 5.74) is 5.53. The van der Waals surface area contributed by atoms with E-state index in [1.807, 2.05) is 0 Å². The number of carbonyl (C=O) groups is 2. The molecule has 0 saturated carbocycles. The molecule has 3 N–H and O–H groups in total. The van der Waals surface area contributed by atoms with Gasteiger partial charge in [-0.1, -0.05) is 45.4 Å². The summed E-state index contributed by atoms with van der Waals surface area (Å²) in [7, 11) is 0. The van der Waals surface area contributed by atoms with Gasteiger partial charge in [0.25, 0.3) is 0 Å². The molecule has 0 radical (unpaired) electrons. The Morgan fingerprint density at radius 1 is 1.04 bits per heavy atom. The summed E-state index contributed by atoms with van der Waals surface area (Å²) in [5.74, 6) is -2.55. The zero-order valence-corrected chi connectivity index (χ0v) is 14.1. The van der Waals surface area contributed by atoms with E-state index in [0.717, 1.165) is 43.9 Å². The maximum atomic E-state index is 13.1. The summed E-state index contributed by atoms with van der Waals surface area (Å²) in [6, 6.07) is 2.18. The molecular weight excluding hydrogens is 314 g/mol. The Morgan fingerprint density at radius 2 is 1.62 bits per heavy atom. The van der Waals surface area contributed by atoms with E-state index in [2.05, 4.69) is 12.2 Å². The van der Waals surface area contributed by atoms with Gasteiger partial charge in [0.05, 0.1) is 6.42 Å². The molecule has 0 aliphatic carbocycles. The maximum absolute atomic E-state index is 13.1. The summed E-state index contributed by atoms with van der Waals surface area (Å²) in [6.45, 7) is 2.14. The van der Waals surface area contributed by atoms with Crippen molar-refractivity contribution in [2.24, 2.45) is 5.73 Å². The Labute approximate surface area is 141 Å². The van der Waals surface area contributed by atoms with Crippen molar-refractivity contribution >= 4 is 11.8 Å². The number of halogens is 2. The molecule has 1 rings (SSSR count). The monoisotopic (exact) mass is 340 g/mol. The van der Waals surface area contributed by atoms with E-state index in [4.69, 9.17) is 5.73 Å². The van der Waals surface area contributed by atoms with Crippen LogP contribution < -0.4 is 11.1 Å². The smallest absolute Gasteiger partial charge is 0.239 e. The van der Waals surface area contributed by atoms with Gasteiger partial charge in [-0.2, -0.15) is 0 Å². The molecule has 0 bridgehead atoms. The van der Waals surface area contributed by atoms with Crippen LogP contribution in [-0.4, -0.2) is 17.9 Å². The van der Waals surface area contributed by atoms with Crippen LogP contribution in [0.2, 0.25) is 0 Å². The molecule has 0 spiro atoms. The fraction of sp³-hybridized carbons (Fsp3) is 0.556. The van der Waals surface area contributed by atoms with Gasteiger partial charge in [-0.3, -0.25) is 9.59 Å². The molecule has 1 atom stereocenters. The Hall–Kier alpha value is -1.98. The van der Waals surface area contributed by atoms with Crippen LogP contribution in [0.3, 0.4) is 0 Å². The van der Waals surface area contributed by atoms with Crippen LogP contribution in [0.5, 0.6) is 0 Å². The highest BCUT2D eigenvalue weighted by Crippen LogP contribution is 2.10. The number of primary amides is 1. The summed E-state index contributed by atoms with van der Waals surface area (Å²) in [4.78, 5) is 23.4. The van der Waals surface area contributed by atoms with Crippen molar-refractivity contribution < 1.29 is 18.4 Å². The summed E-state index contributed by atoms with van der Waals surface area (Å²) in [6.07, 6.45) is 6.67. The molecule has 1 aromatic rings. The van der Waals surface area contributed by atoms with Crippen molar-refractivity contribution in [3.05, 3.63) is 35.4 Å². The highest BCUT2D eigenvalue weighted by molar-refractivity contribution is 5.87. The fourth-order valence-corrected chi connectivity index (χ4v) is 2.56. The van der Waals surface area contributed by atoms with E-state index in [1.54, 1.807) is 0 Å². The first kappa shape index (κ1) is 20.1. The molecule has 0 saturated heterocycles. The van der Waals surface area contributed by atoms with E-state index in [0.29, 0.717) is 6.42 Å². The number of carbonyl (C=O) groups excluding carboxylic acids is 2. The lowest BCUT2D eigenvalue weighted by Crippen LogP contribution is -2.45. The second-order valence-corrected chi connectivity index (χ2v) is 6.03. The van der Waals surface area contributed by atoms with Crippen LogP contribution in [0.15, 0.2) is 18.2 Å². The van der Waals surface area contributed by atoms with Crippen molar-refractivity contribution in [3.8, 4) is 0 Å². The summed E-state index contributed by atoms with van der Waals surface area (Å²) in [5, 5.41) is 2.55. The van der Waals surface area contributed by atoms with Crippen LogP contribution in [-0.2, 0) is 16.0 Å². The zero-order chi connectivity index (χ0) is 17.9. The third-order valence-electron chi connectivity index (χ3n) is 3.81. The topological polar surface area (TPSA) is 72.2 Å². The van der Waals surface area contributed by atoms with Gasteiger partial charge in [0.1, 0.15) is 17.7 Å². The van der Waals surface area contributed by atoms with Crippen molar-refractivity contribution in [2.75, 3.05) is 0 Å². The minimum Gasteiger partial charge on any atom is -0.368 e. The molecule has 4 nitrogen and oxygen atoms in total. The van der Waals surface area contributed by atoms with Crippen LogP contribution in [0.25, 0.3) is 0 Å². The van der Waals surface area contributed by atoms with Gasteiger partial charge in [0, 0.05) is 6.07 Å². The summed E-state index contributed by atoms with van der Waals surface area (Å²) < 4.78 is 26.2. The van der Waals surface area contributed by atoms with Crippen LogP contribution in [0.1, 0.15) is 57.4 Å². The second kappa shape index (κ2) is 10.7. The van der Waals surface area contributed by atoms with E-state index in [9.17, 15) is 18.4 Å². The largest absolute Gasteiger partial charge is 0.368 e. The minimum absolute atomic E-state index is 0.199. The van der Waals surface area contributed by atoms with Gasteiger partial charge in [-0.05, 0) is 24.1 Å². The number of nitrogens with one attached hydrogen (secondary N) is 1. The third kappa shape index (κ3) is 8.04. The second-order valence-electron chi connectivity index (χ2n) is 6.03. The Bertz CT molecular complexity index is 530. The van der Waals surface area contributed by atoms with Gasteiger partial charge >= 0.3 is 0 Å². The van der Waals surface area contributed by atoms with E-state index in [-0.39, 0.29) is 12.0 Å². The number of hydrogen-bond donors (Lipinski definition) is 2. The first-order chi connectivity index (χ1) is 11.4. The fourth-order valence-electron chi connectivity index (χ4n) is 2.56. The minimum atomic E-state index is -0.748. The molecule has 1 aromatic carbocycles. The molecule has 0 aliphatic heterocycles. The first-order valence-corrected chi connectivity index (χ1v) is 8.46. The number of rotatable bonds is 11. The van der Waals surface area contributed by atoms with Gasteiger partial charge in [0.15, 0.2) is 0 Å². The van der Waals surface area contributed by atoms with Crippen molar-refractivity contribution in [2.45, 2.75) is 64.3 Å². The summed E-state index contributed by atoms with van der Waals surface area (Å²) >= 11 is 0. The average Bonchev–Trinajstić information content (AvgIpc) is 2.48. The van der Waals surface area contributed by atoms with Crippen LogP contribution >= 0.6 is 0 Å². The Kier molecular flexibility index (Phi) is 8.97.